The first kappa shape index (κ1) is 19.6. The van der Waals surface area contributed by atoms with Crippen LogP contribution in [0, 0.1) is 0 Å². The number of hydrazine groups is 1. The number of anilines is 1. The molecule has 0 fully saturated rings. The standard InChI is InChI=1S/C20H25N3O3/c1-4-6-18(24)16-10-14(11-17(22-16)19(25)7-5-2)13-8-9-15(23-21)20(12-13)26-3/h8-12,23H,4-7,21H2,1-3H3. The van der Waals surface area contributed by atoms with E-state index in [1.807, 2.05) is 26.0 Å². The molecular formula is C20H25N3O3. The molecule has 2 rings (SSSR count). The van der Waals surface area contributed by atoms with E-state index in [1.165, 1.54) is 0 Å². The molecule has 2 aromatic rings. The van der Waals surface area contributed by atoms with Crippen molar-refractivity contribution in [2.24, 2.45) is 5.84 Å². The second-order valence-electron chi connectivity index (χ2n) is 6.03. The molecule has 1 aromatic heterocycles. The van der Waals surface area contributed by atoms with Crippen molar-refractivity contribution in [3.63, 3.8) is 0 Å². The number of hydrogen-bond acceptors (Lipinski definition) is 6. The summed E-state index contributed by atoms with van der Waals surface area (Å²) in [6.07, 6.45) is 2.26. The lowest BCUT2D eigenvalue weighted by atomic mass is 10.00. The minimum absolute atomic E-state index is 0.0629. The number of nitrogen functional groups attached to an aromatic ring is 1. The maximum absolute atomic E-state index is 12.4. The third-order valence-corrected chi connectivity index (χ3v) is 4.04. The number of nitrogens with zero attached hydrogens (tertiary/aromatic N) is 1. The number of rotatable bonds is 9. The summed E-state index contributed by atoms with van der Waals surface area (Å²) in [6.45, 7) is 3.88. The number of carbonyl (C=O) groups excluding carboxylic acids is 2. The summed E-state index contributed by atoms with van der Waals surface area (Å²) in [6, 6.07) is 8.91. The van der Waals surface area contributed by atoms with Crippen molar-refractivity contribution < 1.29 is 14.3 Å². The normalized spacial score (nSPS) is 10.5. The summed E-state index contributed by atoms with van der Waals surface area (Å²) >= 11 is 0. The van der Waals surface area contributed by atoms with Crippen LogP contribution in [0.15, 0.2) is 30.3 Å². The lowest BCUT2D eigenvalue weighted by molar-refractivity contribution is 0.0973. The molecule has 0 spiro atoms. The molecule has 0 aliphatic rings. The van der Waals surface area contributed by atoms with Gasteiger partial charge in [0.2, 0.25) is 0 Å². The number of methoxy groups -OCH3 is 1. The third-order valence-electron chi connectivity index (χ3n) is 4.04. The van der Waals surface area contributed by atoms with Crippen LogP contribution >= 0.6 is 0 Å². The van der Waals surface area contributed by atoms with Crippen molar-refractivity contribution in [1.29, 1.82) is 0 Å². The fraction of sp³-hybridized carbons (Fsp3) is 0.350. The van der Waals surface area contributed by atoms with Crippen LogP contribution in [0.4, 0.5) is 5.69 Å². The van der Waals surface area contributed by atoms with E-state index >= 15 is 0 Å². The number of Topliss-reactive ketones (excluding diaryl/α,β-unsaturated/α-hetero) is 2. The molecule has 0 unspecified atom stereocenters. The fourth-order valence-corrected chi connectivity index (χ4v) is 2.68. The van der Waals surface area contributed by atoms with E-state index in [9.17, 15) is 9.59 Å². The molecule has 0 aliphatic heterocycles. The molecule has 3 N–H and O–H groups in total. The van der Waals surface area contributed by atoms with Gasteiger partial charge in [-0.05, 0) is 48.2 Å². The molecular weight excluding hydrogens is 330 g/mol. The van der Waals surface area contributed by atoms with Crippen LogP contribution in [-0.2, 0) is 0 Å². The molecule has 0 radical (unpaired) electrons. The highest BCUT2D eigenvalue weighted by molar-refractivity contribution is 6.00. The second kappa shape index (κ2) is 9.10. The van der Waals surface area contributed by atoms with Gasteiger partial charge in [0.15, 0.2) is 11.6 Å². The molecule has 26 heavy (non-hydrogen) atoms. The van der Waals surface area contributed by atoms with Gasteiger partial charge in [-0.2, -0.15) is 0 Å². The van der Waals surface area contributed by atoms with Gasteiger partial charge in [0, 0.05) is 12.8 Å². The lowest BCUT2D eigenvalue weighted by Gasteiger charge is -2.12. The van der Waals surface area contributed by atoms with Gasteiger partial charge in [0.05, 0.1) is 12.8 Å². The van der Waals surface area contributed by atoms with E-state index in [0.29, 0.717) is 35.7 Å². The molecule has 6 nitrogen and oxygen atoms in total. The monoisotopic (exact) mass is 355 g/mol. The summed E-state index contributed by atoms with van der Waals surface area (Å²) in [5.74, 6) is 5.93. The Morgan fingerprint density at radius 2 is 1.58 bits per heavy atom. The van der Waals surface area contributed by atoms with Gasteiger partial charge in [0.25, 0.3) is 0 Å². The summed E-state index contributed by atoms with van der Waals surface area (Å²) < 4.78 is 5.34. The Bertz CT molecular complexity index is 767. The van der Waals surface area contributed by atoms with E-state index in [4.69, 9.17) is 10.6 Å². The van der Waals surface area contributed by atoms with Crippen molar-refractivity contribution in [3.05, 3.63) is 41.7 Å². The van der Waals surface area contributed by atoms with Crippen LogP contribution < -0.4 is 16.0 Å². The number of ketones is 2. The van der Waals surface area contributed by atoms with E-state index in [-0.39, 0.29) is 11.6 Å². The van der Waals surface area contributed by atoms with E-state index in [0.717, 1.165) is 24.0 Å². The van der Waals surface area contributed by atoms with Crippen molar-refractivity contribution in [2.75, 3.05) is 12.5 Å². The SMILES string of the molecule is CCCC(=O)c1cc(-c2ccc(NN)c(OC)c2)cc(C(=O)CCC)n1. The predicted octanol–water partition coefficient (Wildman–Crippen LogP) is 4.01. The Hall–Kier alpha value is -2.73. The maximum atomic E-state index is 12.4. The molecule has 0 saturated heterocycles. The molecule has 6 heteroatoms. The molecule has 0 bridgehead atoms. The number of aromatic nitrogens is 1. The predicted molar refractivity (Wildman–Crippen MR) is 103 cm³/mol. The number of carbonyl (C=O) groups is 2. The molecule has 0 saturated carbocycles. The highest BCUT2D eigenvalue weighted by Crippen LogP contribution is 2.31. The number of pyridine rings is 1. The molecule has 1 aromatic carbocycles. The lowest BCUT2D eigenvalue weighted by Crippen LogP contribution is -2.09. The Labute approximate surface area is 153 Å². The van der Waals surface area contributed by atoms with Gasteiger partial charge in [-0.25, -0.2) is 4.98 Å². The van der Waals surface area contributed by atoms with Crippen LogP contribution in [0.5, 0.6) is 5.75 Å². The minimum atomic E-state index is -0.0629. The first-order valence-corrected chi connectivity index (χ1v) is 8.77. The zero-order valence-electron chi connectivity index (χ0n) is 15.5. The van der Waals surface area contributed by atoms with Gasteiger partial charge in [-0.15, -0.1) is 0 Å². The number of benzene rings is 1. The molecule has 0 atom stereocenters. The summed E-state index contributed by atoms with van der Waals surface area (Å²) in [5.41, 5.74) is 5.44. The molecule has 138 valence electrons. The summed E-state index contributed by atoms with van der Waals surface area (Å²) in [7, 11) is 1.55. The van der Waals surface area contributed by atoms with E-state index in [1.54, 1.807) is 25.3 Å². The fourth-order valence-electron chi connectivity index (χ4n) is 2.68. The summed E-state index contributed by atoms with van der Waals surface area (Å²) in [4.78, 5) is 29.0. The highest BCUT2D eigenvalue weighted by atomic mass is 16.5. The van der Waals surface area contributed by atoms with Gasteiger partial charge >= 0.3 is 0 Å². The van der Waals surface area contributed by atoms with Gasteiger partial charge in [0.1, 0.15) is 17.1 Å². The molecule has 0 amide bonds. The highest BCUT2D eigenvalue weighted by Gasteiger charge is 2.16. The van der Waals surface area contributed by atoms with Crippen molar-refractivity contribution >= 4 is 17.3 Å². The van der Waals surface area contributed by atoms with Gasteiger partial charge < -0.3 is 10.2 Å². The number of nitrogens with one attached hydrogen (secondary N) is 1. The van der Waals surface area contributed by atoms with E-state index in [2.05, 4.69) is 10.4 Å². The Morgan fingerprint density at radius 1 is 1.00 bits per heavy atom. The third kappa shape index (κ3) is 4.46. The average Bonchev–Trinajstić information content (AvgIpc) is 2.67. The zero-order chi connectivity index (χ0) is 19.1. The first-order valence-electron chi connectivity index (χ1n) is 8.77. The minimum Gasteiger partial charge on any atom is -0.495 e. The maximum Gasteiger partial charge on any atom is 0.181 e. The van der Waals surface area contributed by atoms with Crippen LogP contribution in [0.2, 0.25) is 0 Å². The number of nitrogens with two attached hydrogens (primary N) is 1. The summed E-state index contributed by atoms with van der Waals surface area (Å²) in [5, 5.41) is 0. The van der Waals surface area contributed by atoms with E-state index < -0.39 is 0 Å². The number of ether oxygens (including phenoxy) is 1. The topological polar surface area (TPSA) is 94.3 Å². The van der Waals surface area contributed by atoms with Crippen molar-refractivity contribution in [1.82, 2.24) is 4.98 Å². The molecule has 0 aliphatic carbocycles. The van der Waals surface area contributed by atoms with Crippen molar-refractivity contribution in [3.8, 4) is 16.9 Å². The Balaban J connectivity index is 2.56. The first-order chi connectivity index (χ1) is 12.5. The Kier molecular flexibility index (Phi) is 6.86. The van der Waals surface area contributed by atoms with Gasteiger partial charge in [-0.1, -0.05) is 19.9 Å². The smallest absolute Gasteiger partial charge is 0.181 e. The van der Waals surface area contributed by atoms with Crippen LogP contribution in [0.25, 0.3) is 11.1 Å². The largest absolute Gasteiger partial charge is 0.495 e. The van der Waals surface area contributed by atoms with Crippen LogP contribution in [-0.4, -0.2) is 23.7 Å². The average molecular weight is 355 g/mol. The van der Waals surface area contributed by atoms with Gasteiger partial charge in [-0.3, -0.25) is 15.4 Å². The van der Waals surface area contributed by atoms with Crippen molar-refractivity contribution in [2.45, 2.75) is 39.5 Å². The quantitative estimate of drug-likeness (QED) is 0.401. The van der Waals surface area contributed by atoms with Crippen LogP contribution in [0.1, 0.15) is 60.5 Å². The second-order valence-corrected chi connectivity index (χ2v) is 6.03. The zero-order valence-corrected chi connectivity index (χ0v) is 15.5. The van der Waals surface area contributed by atoms with Crippen LogP contribution in [0.3, 0.4) is 0 Å². The Morgan fingerprint density at radius 3 is 2.04 bits per heavy atom. The molecule has 1 heterocycles. The number of hydrogen-bond donors (Lipinski definition) is 2.